The quantitative estimate of drug-likeness (QED) is 0.339. The summed E-state index contributed by atoms with van der Waals surface area (Å²) in [6.45, 7) is 0. The lowest BCUT2D eigenvalue weighted by Crippen LogP contribution is -2.23. The van der Waals surface area contributed by atoms with Crippen molar-refractivity contribution in [3.8, 4) is 0 Å². The molecule has 0 fully saturated rings. The van der Waals surface area contributed by atoms with E-state index in [2.05, 4.69) is 36.8 Å². The van der Waals surface area contributed by atoms with Gasteiger partial charge in [-0.15, -0.1) is 0 Å². The SMILES string of the molecule is O=CC(Br)(c1cc(Br)cnc1Cl)c1cccc(Cl)c1Cl. The topological polar surface area (TPSA) is 30.0 Å². The average Bonchev–Trinajstić information content (AvgIpc) is 2.43. The molecule has 0 saturated carbocycles. The molecule has 0 bridgehead atoms. The maximum absolute atomic E-state index is 11.7. The third-order valence-electron chi connectivity index (χ3n) is 2.70. The number of rotatable bonds is 3. The van der Waals surface area contributed by atoms with Gasteiger partial charge in [0.05, 0.1) is 10.0 Å². The second kappa shape index (κ2) is 6.32. The first-order chi connectivity index (χ1) is 9.40. The Labute approximate surface area is 147 Å². The molecule has 20 heavy (non-hydrogen) atoms. The molecule has 0 aliphatic rings. The van der Waals surface area contributed by atoms with Crippen molar-refractivity contribution in [2.24, 2.45) is 0 Å². The van der Waals surface area contributed by atoms with Crippen LogP contribution in [0.15, 0.2) is 34.9 Å². The second-order valence-electron chi connectivity index (χ2n) is 3.92. The summed E-state index contributed by atoms with van der Waals surface area (Å²) < 4.78 is -0.524. The van der Waals surface area contributed by atoms with E-state index in [1.165, 1.54) is 0 Å². The van der Waals surface area contributed by atoms with E-state index < -0.39 is 4.32 Å². The first kappa shape index (κ1) is 16.2. The number of hydrogen-bond acceptors (Lipinski definition) is 2. The van der Waals surface area contributed by atoms with Gasteiger partial charge in [-0.1, -0.05) is 62.9 Å². The molecule has 104 valence electrons. The van der Waals surface area contributed by atoms with Crippen molar-refractivity contribution >= 4 is 72.9 Å². The van der Waals surface area contributed by atoms with E-state index in [1.54, 1.807) is 30.5 Å². The molecule has 7 heteroatoms. The lowest BCUT2D eigenvalue weighted by molar-refractivity contribution is -0.109. The summed E-state index contributed by atoms with van der Waals surface area (Å²) in [6.07, 6.45) is 2.25. The second-order valence-corrected chi connectivity index (χ2v) is 7.23. The van der Waals surface area contributed by atoms with Crippen molar-refractivity contribution in [3.63, 3.8) is 0 Å². The van der Waals surface area contributed by atoms with Gasteiger partial charge in [0, 0.05) is 21.8 Å². The molecule has 0 spiro atoms. The molecule has 2 nitrogen and oxygen atoms in total. The molecule has 0 aliphatic carbocycles. The van der Waals surface area contributed by atoms with Crippen molar-refractivity contribution in [3.05, 3.63) is 61.3 Å². The number of benzene rings is 1. The van der Waals surface area contributed by atoms with E-state index >= 15 is 0 Å². The summed E-state index contributed by atoms with van der Waals surface area (Å²) >= 11 is 25.0. The number of carbonyl (C=O) groups excluding carboxylic acids is 1. The lowest BCUT2D eigenvalue weighted by atomic mass is 9.93. The molecule has 1 atom stereocenters. The zero-order valence-electron chi connectivity index (χ0n) is 9.71. The molecule has 2 aromatic rings. The van der Waals surface area contributed by atoms with Crippen LogP contribution in [0.3, 0.4) is 0 Å². The van der Waals surface area contributed by atoms with Gasteiger partial charge in [0.1, 0.15) is 15.8 Å². The molecule has 1 unspecified atom stereocenters. The fraction of sp³-hybridized carbons (Fsp3) is 0.0769. The molecule has 2 rings (SSSR count). The smallest absolute Gasteiger partial charge is 0.145 e. The van der Waals surface area contributed by atoms with Crippen LogP contribution >= 0.6 is 66.7 Å². The van der Waals surface area contributed by atoms with Crippen molar-refractivity contribution in [1.82, 2.24) is 4.98 Å². The van der Waals surface area contributed by atoms with Gasteiger partial charge in [0.2, 0.25) is 0 Å². The standard InChI is InChI=1S/C13H6Br2Cl3NO/c14-7-4-9(12(18)19-5-7)13(15,6-20)8-2-1-3-10(16)11(8)17/h1-6H. The van der Waals surface area contributed by atoms with E-state index in [0.29, 0.717) is 26.9 Å². The van der Waals surface area contributed by atoms with Crippen molar-refractivity contribution in [1.29, 1.82) is 0 Å². The Bertz CT molecular complexity index is 677. The minimum Gasteiger partial charge on any atom is -0.301 e. The highest BCUT2D eigenvalue weighted by atomic mass is 79.9. The van der Waals surface area contributed by atoms with Gasteiger partial charge in [0.15, 0.2) is 0 Å². The van der Waals surface area contributed by atoms with Crippen LogP contribution in [0.25, 0.3) is 0 Å². The molecule has 0 amide bonds. The summed E-state index contributed by atoms with van der Waals surface area (Å²) in [7, 11) is 0. The number of nitrogens with zero attached hydrogens (tertiary/aromatic N) is 1. The monoisotopic (exact) mass is 455 g/mol. The molecule has 0 radical (unpaired) electrons. The Morgan fingerprint density at radius 3 is 2.55 bits per heavy atom. The number of aldehydes is 1. The van der Waals surface area contributed by atoms with Crippen LogP contribution < -0.4 is 0 Å². The van der Waals surface area contributed by atoms with Gasteiger partial charge in [-0.2, -0.15) is 0 Å². The summed E-state index contributed by atoms with van der Waals surface area (Å²) in [6, 6.07) is 6.76. The molecular formula is C13H6Br2Cl3NO. The number of alkyl halides is 1. The van der Waals surface area contributed by atoms with Crippen LogP contribution in [0.4, 0.5) is 0 Å². The number of aromatic nitrogens is 1. The molecule has 1 heterocycles. The summed E-state index contributed by atoms with van der Waals surface area (Å²) in [5.74, 6) is 0. The van der Waals surface area contributed by atoms with E-state index in [0.717, 1.165) is 0 Å². The third-order valence-corrected chi connectivity index (χ3v) is 5.30. The Balaban J connectivity index is 2.74. The predicted molar refractivity (Wildman–Crippen MR) is 89.2 cm³/mol. The van der Waals surface area contributed by atoms with E-state index in [4.69, 9.17) is 34.8 Å². The van der Waals surface area contributed by atoms with Crippen LogP contribution in [0, 0.1) is 0 Å². The number of halogens is 5. The molecule has 1 aromatic heterocycles. The van der Waals surface area contributed by atoms with Crippen LogP contribution in [0.5, 0.6) is 0 Å². The van der Waals surface area contributed by atoms with E-state index in [-0.39, 0.29) is 10.2 Å². The molecule has 0 N–H and O–H groups in total. The van der Waals surface area contributed by atoms with E-state index in [1.807, 2.05) is 0 Å². The van der Waals surface area contributed by atoms with Crippen LogP contribution in [0.2, 0.25) is 15.2 Å². The maximum Gasteiger partial charge on any atom is 0.145 e. The molecular weight excluding hydrogens is 452 g/mol. The average molecular weight is 458 g/mol. The first-order valence-electron chi connectivity index (χ1n) is 5.31. The highest BCUT2D eigenvalue weighted by Crippen LogP contribution is 2.44. The Kier molecular flexibility index (Phi) is 5.14. The van der Waals surface area contributed by atoms with Gasteiger partial charge < -0.3 is 4.79 Å². The minimum absolute atomic E-state index is 0.202. The fourth-order valence-electron chi connectivity index (χ4n) is 1.73. The Morgan fingerprint density at radius 2 is 1.90 bits per heavy atom. The van der Waals surface area contributed by atoms with Gasteiger partial charge in [-0.05, 0) is 28.1 Å². The zero-order valence-corrected chi connectivity index (χ0v) is 15.1. The largest absolute Gasteiger partial charge is 0.301 e. The fourth-order valence-corrected chi connectivity index (χ4v) is 3.63. The highest BCUT2D eigenvalue weighted by molar-refractivity contribution is 9.10. The van der Waals surface area contributed by atoms with Gasteiger partial charge in [-0.25, -0.2) is 4.98 Å². The van der Waals surface area contributed by atoms with Crippen molar-refractivity contribution in [2.75, 3.05) is 0 Å². The third kappa shape index (κ3) is 2.90. The van der Waals surface area contributed by atoms with Gasteiger partial charge in [-0.3, -0.25) is 0 Å². The number of pyridine rings is 1. The molecule has 1 aromatic carbocycles. The van der Waals surface area contributed by atoms with Gasteiger partial charge in [0.25, 0.3) is 0 Å². The maximum atomic E-state index is 11.7. The normalized spacial score (nSPS) is 13.8. The number of carbonyl (C=O) groups is 1. The zero-order chi connectivity index (χ0) is 14.9. The minimum atomic E-state index is -1.22. The molecule has 0 saturated heterocycles. The summed E-state index contributed by atoms with van der Waals surface area (Å²) in [5.41, 5.74) is 0.983. The first-order valence-corrected chi connectivity index (χ1v) is 8.03. The van der Waals surface area contributed by atoms with Gasteiger partial charge >= 0.3 is 0 Å². The highest BCUT2D eigenvalue weighted by Gasteiger charge is 2.36. The molecule has 0 aliphatic heterocycles. The Morgan fingerprint density at radius 1 is 1.20 bits per heavy atom. The Hall–Kier alpha value is -0.130. The van der Waals surface area contributed by atoms with Crippen molar-refractivity contribution < 1.29 is 4.79 Å². The van der Waals surface area contributed by atoms with Crippen molar-refractivity contribution in [2.45, 2.75) is 4.32 Å². The van der Waals surface area contributed by atoms with E-state index in [9.17, 15) is 4.79 Å². The number of hydrogen-bond donors (Lipinski definition) is 0. The summed E-state index contributed by atoms with van der Waals surface area (Å²) in [4.78, 5) is 15.7. The summed E-state index contributed by atoms with van der Waals surface area (Å²) in [5, 5.41) is 0.844. The van der Waals surface area contributed by atoms with Crippen LogP contribution in [-0.2, 0) is 9.12 Å². The predicted octanol–water partition coefficient (Wildman–Crippen LogP) is 5.64. The van der Waals surface area contributed by atoms with Crippen LogP contribution in [-0.4, -0.2) is 11.3 Å². The lowest BCUT2D eigenvalue weighted by Gasteiger charge is -2.24. The van der Waals surface area contributed by atoms with Crippen LogP contribution in [0.1, 0.15) is 11.1 Å².